The molecule has 2 rings (SSSR count). The Hall–Kier alpha value is -2.23. The summed E-state index contributed by atoms with van der Waals surface area (Å²) in [6.45, 7) is 0. The van der Waals surface area contributed by atoms with Crippen LogP contribution in [0.2, 0.25) is 0 Å². The zero-order valence-corrected chi connectivity index (χ0v) is 8.97. The summed E-state index contributed by atoms with van der Waals surface area (Å²) in [6.07, 6.45) is 0. The molecule has 2 aromatic rings. The number of fused-ring (bicyclic) bond motifs is 1. The summed E-state index contributed by atoms with van der Waals surface area (Å²) >= 11 is 0. The van der Waals surface area contributed by atoms with E-state index in [-0.39, 0.29) is 5.96 Å². The largest absolute Gasteiger partial charge is 0.494 e. The van der Waals surface area contributed by atoms with Crippen LogP contribution in [0.3, 0.4) is 0 Å². The van der Waals surface area contributed by atoms with Gasteiger partial charge >= 0.3 is 0 Å². The zero-order valence-electron chi connectivity index (χ0n) is 8.97. The topological polar surface area (TPSA) is 73.6 Å². The summed E-state index contributed by atoms with van der Waals surface area (Å²) in [5.41, 5.74) is 11.4. The Labute approximate surface area is 93.5 Å². The molecule has 0 bridgehead atoms. The Morgan fingerprint density at radius 2 is 1.75 bits per heavy atom. The molecule has 0 saturated carbocycles. The number of aliphatic imine (C=N–C) groups is 1. The minimum Gasteiger partial charge on any atom is -0.494 e. The maximum atomic E-state index is 5.36. The van der Waals surface area contributed by atoms with Crippen molar-refractivity contribution >= 4 is 22.4 Å². The van der Waals surface area contributed by atoms with Gasteiger partial charge in [0.15, 0.2) is 5.96 Å². The van der Waals surface area contributed by atoms with Crippen LogP contribution in [0.1, 0.15) is 0 Å². The lowest BCUT2D eigenvalue weighted by Gasteiger charge is -2.06. The number of hydrogen-bond donors (Lipinski definition) is 2. The maximum absolute atomic E-state index is 5.36. The molecule has 0 aromatic heterocycles. The van der Waals surface area contributed by atoms with Crippen molar-refractivity contribution in [2.75, 3.05) is 7.11 Å². The van der Waals surface area contributed by atoms with Gasteiger partial charge in [0, 0.05) is 0 Å². The van der Waals surface area contributed by atoms with Gasteiger partial charge in [-0.3, -0.25) is 0 Å². The zero-order chi connectivity index (χ0) is 11.5. The van der Waals surface area contributed by atoms with E-state index < -0.39 is 0 Å². The van der Waals surface area contributed by atoms with Crippen molar-refractivity contribution in [2.24, 2.45) is 16.5 Å². The molecule has 0 aliphatic rings. The highest BCUT2D eigenvalue weighted by Crippen LogP contribution is 2.32. The molecule has 0 saturated heterocycles. The Balaban J connectivity index is 2.67. The number of nitrogens with two attached hydrogens (primary N) is 2. The van der Waals surface area contributed by atoms with E-state index in [1.165, 1.54) is 0 Å². The highest BCUT2D eigenvalue weighted by Gasteiger charge is 2.04. The maximum Gasteiger partial charge on any atom is 0.191 e. The first-order chi connectivity index (χ1) is 7.70. The van der Waals surface area contributed by atoms with Crippen molar-refractivity contribution in [1.82, 2.24) is 0 Å². The van der Waals surface area contributed by atoms with Gasteiger partial charge in [0.2, 0.25) is 0 Å². The summed E-state index contributed by atoms with van der Waals surface area (Å²) in [5, 5.41) is 2.16. The molecule has 4 nitrogen and oxygen atoms in total. The van der Waals surface area contributed by atoms with Crippen LogP contribution >= 0.6 is 0 Å². The lowest BCUT2D eigenvalue weighted by atomic mass is 10.1. The molecule has 0 aliphatic carbocycles. The smallest absolute Gasteiger partial charge is 0.191 e. The van der Waals surface area contributed by atoms with Crippen LogP contribution in [-0.4, -0.2) is 13.1 Å². The van der Waals surface area contributed by atoms with Crippen LogP contribution < -0.4 is 16.2 Å². The monoisotopic (exact) mass is 215 g/mol. The number of ether oxygens (including phenoxy) is 1. The molecule has 0 spiro atoms. The molecule has 0 aliphatic heterocycles. The molecule has 2 aromatic carbocycles. The molecule has 0 amide bonds. The summed E-state index contributed by atoms with van der Waals surface area (Å²) in [6, 6.07) is 11.8. The van der Waals surface area contributed by atoms with Crippen LogP contribution in [0.15, 0.2) is 41.4 Å². The van der Waals surface area contributed by atoms with Crippen molar-refractivity contribution < 1.29 is 4.74 Å². The number of rotatable bonds is 2. The summed E-state index contributed by atoms with van der Waals surface area (Å²) in [4.78, 5) is 4.03. The van der Waals surface area contributed by atoms with Gasteiger partial charge in [-0.05, 0) is 22.9 Å². The third-order valence-corrected chi connectivity index (χ3v) is 2.30. The van der Waals surface area contributed by atoms with Crippen LogP contribution in [0.4, 0.5) is 5.69 Å². The van der Waals surface area contributed by atoms with Crippen LogP contribution in [0.5, 0.6) is 5.75 Å². The lowest BCUT2D eigenvalue weighted by Crippen LogP contribution is -2.21. The van der Waals surface area contributed by atoms with Crippen molar-refractivity contribution in [3.63, 3.8) is 0 Å². The lowest BCUT2D eigenvalue weighted by molar-refractivity contribution is 0.417. The van der Waals surface area contributed by atoms with Crippen molar-refractivity contribution in [3.05, 3.63) is 36.4 Å². The van der Waals surface area contributed by atoms with E-state index in [0.29, 0.717) is 11.4 Å². The number of methoxy groups -OCH3 is 1. The van der Waals surface area contributed by atoms with Gasteiger partial charge < -0.3 is 16.2 Å². The molecular formula is C12H13N3O. The van der Waals surface area contributed by atoms with E-state index in [1.54, 1.807) is 7.11 Å². The van der Waals surface area contributed by atoms with E-state index in [9.17, 15) is 0 Å². The SMILES string of the molecule is COc1cc2ccccc2cc1N=C(N)N. The van der Waals surface area contributed by atoms with Crippen molar-refractivity contribution in [3.8, 4) is 5.75 Å². The fourth-order valence-corrected chi connectivity index (χ4v) is 1.60. The average molecular weight is 215 g/mol. The van der Waals surface area contributed by atoms with Crippen molar-refractivity contribution in [1.29, 1.82) is 0 Å². The molecule has 0 radical (unpaired) electrons. The Kier molecular flexibility index (Phi) is 2.64. The normalized spacial score (nSPS) is 10.1. The van der Waals surface area contributed by atoms with E-state index in [1.807, 2.05) is 36.4 Å². The molecule has 0 unspecified atom stereocenters. The standard InChI is InChI=1S/C12H13N3O/c1-16-11-7-9-5-3-2-4-8(9)6-10(11)15-12(13)14/h2-7H,1H3,(H4,13,14,15). The Bertz CT molecular complexity index is 545. The Morgan fingerprint density at radius 1 is 1.12 bits per heavy atom. The fraction of sp³-hybridized carbons (Fsp3) is 0.0833. The molecule has 4 heteroatoms. The predicted molar refractivity (Wildman–Crippen MR) is 66.0 cm³/mol. The first kappa shape index (κ1) is 10.3. The minimum absolute atomic E-state index is 0.0218. The van der Waals surface area contributed by atoms with Gasteiger partial charge in [-0.25, -0.2) is 4.99 Å². The highest BCUT2D eigenvalue weighted by atomic mass is 16.5. The van der Waals surface area contributed by atoms with E-state index in [2.05, 4.69) is 4.99 Å². The third-order valence-electron chi connectivity index (χ3n) is 2.30. The van der Waals surface area contributed by atoms with E-state index >= 15 is 0 Å². The molecule has 0 atom stereocenters. The Morgan fingerprint density at radius 3 is 2.31 bits per heavy atom. The van der Waals surface area contributed by atoms with Crippen LogP contribution in [-0.2, 0) is 0 Å². The molecule has 4 N–H and O–H groups in total. The van der Waals surface area contributed by atoms with E-state index in [4.69, 9.17) is 16.2 Å². The average Bonchev–Trinajstić information content (AvgIpc) is 2.27. The molecule has 16 heavy (non-hydrogen) atoms. The quantitative estimate of drug-likeness (QED) is 0.592. The van der Waals surface area contributed by atoms with Gasteiger partial charge in [-0.2, -0.15) is 0 Å². The first-order valence-electron chi connectivity index (χ1n) is 4.87. The van der Waals surface area contributed by atoms with Gasteiger partial charge in [-0.15, -0.1) is 0 Å². The number of hydrogen-bond acceptors (Lipinski definition) is 2. The molecule has 0 heterocycles. The summed E-state index contributed by atoms with van der Waals surface area (Å²) < 4.78 is 5.24. The first-order valence-corrected chi connectivity index (χ1v) is 4.87. The highest BCUT2D eigenvalue weighted by molar-refractivity contribution is 5.90. The van der Waals surface area contributed by atoms with Crippen LogP contribution in [0.25, 0.3) is 10.8 Å². The van der Waals surface area contributed by atoms with E-state index in [0.717, 1.165) is 10.8 Å². The summed E-state index contributed by atoms with van der Waals surface area (Å²) in [5.74, 6) is 0.681. The predicted octanol–water partition coefficient (Wildman–Crippen LogP) is 1.75. The molecule has 0 fully saturated rings. The van der Waals surface area contributed by atoms with Gasteiger partial charge in [0.1, 0.15) is 11.4 Å². The molecule has 82 valence electrons. The number of guanidine groups is 1. The van der Waals surface area contributed by atoms with Crippen molar-refractivity contribution in [2.45, 2.75) is 0 Å². The van der Waals surface area contributed by atoms with Crippen LogP contribution in [0, 0.1) is 0 Å². The number of nitrogens with zero attached hydrogens (tertiary/aromatic N) is 1. The second-order valence-corrected chi connectivity index (χ2v) is 3.41. The number of benzene rings is 2. The minimum atomic E-state index is 0.0218. The van der Waals surface area contributed by atoms with Gasteiger partial charge in [-0.1, -0.05) is 24.3 Å². The second kappa shape index (κ2) is 4.10. The van der Waals surface area contributed by atoms with Gasteiger partial charge in [0.05, 0.1) is 7.11 Å². The van der Waals surface area contributed by atoms with Gasteiger partial charge in [0.25, 0.3) is 0 Å². The third kappa shape index (κ3) is 1.91. The summed E-state index contributed by atoms with van der Waals surface area (Å²) in [7, 11) is 1.59. The fourth-order valence-electron chi connectivity index (χ4n) is 1.60. The molecular weight excluding hydrogens is 202 g/mol. The second-order valence-electron chi connectivity index (χ2n) is 3.41.